The fourth-order valence-electron chi connectivity index (χ4n) is 4.22. The topological polar surface area (TPSA) is 84.2 Å². The molecule has 1 saturated heterocycles. The van der Waals surface area contributed by atoms with Crippen LogP contribution >= 0.6 is 0 Å². The molecule has 1 atom stereocenters. The molecular weight excluding hydrogens is 392 g/mol. The zero-order chi connectivity index (χ0) is 21.2. The van der Waals surface area contributed by atoms with Gasteiger partial charge >= 0.3 is 0 Å². The molecule has 4 aromatic rings. The third kappa shape index (κ3) is 4.03. The SMILES string of the molecule is COc1ccc(-c2nc(CC3CCN(C(=O)Cc4c[nH]c5ccccc45)C3)no2)cc1. The molecule has 1 N–H and O–H groups in total. The molecule has 0 saturated carbocycles. The Kier molecular flexibility index (Phi) is 5.16. The number of fused-ring (bicyclic) bond motifs is 1. The van der Waals surface area contributed by atoms with E-state index in [0.29, 0.717) is 30.5 Å². The van der Waals surface area contributed by atoms with Crippen molar-refractivity contribution in [1.29, 1.82) is 0 Å². The summed E-state index contributed by atoms with van der Waals surface area (Å²) in [5, 5.41) is 5.25. The van der Waals surface area contributed by atoms with Gasteiger partial charge in [-0.3, -0.25) is 4.79 Å². The summed E-state index contributed by atoms with van der Waals surface area (Å²) in [4.78, 5) is 22.6. The van der Waals surface area contributed by atoms with Gasteiger partial charge in [-0.15, -0.1) is 0 Å². The van der Waals surface area contributed by atoms with Gasteiger partial charge < -0.3 is 19.1 Å². The van der Waals surface area contributed by atoms with E-state index in [1.54, 1.807) is 7.11 Å². The molecule has 1 unspecified atom stereocenters. The molecule has 2 aromatic carbocycles. The second-order valence-corrected chi connectivity index (χ2v) is 7.98. The Balaban J connectivity index is 1.19. The van der Waals surface area contributed by atoms with Crippen LogP contribution in [-0.2, 0) is 17.6 Å². The Morgan fingerprint density at radius 2 is 2.06 bits per heavy atom. The molecule has 1 fully saturated rings. The smallest absolute Gasteiger partial charge is 0.257 e. The molecule has 0 radical (unpaired) electrons. The highest BCUT2D eigenvalue weighted by molar-refractivity contribution is 5.89. The summed E-state index contributed by atoms with van der Waals surface area (Å²) >= 11 is 0. The summed E-state index contributed by atoms with van der Waals surface area (Å²) < 4.78 is 10.6. The summed E-state index contributed by atoms with van der Waals surface area (Å²) in [5.74, 6) is 2.48. The van der Waals surface area contributed by atoms with Crippen molar-refractivity contribution < 1.29 is 14.1 Å². The number of benzene rings is 2. The third-order valence-electron chi connectivity index (χ3n) is 5.93. The normalized spacial score (nSPS) is 16.2. The highest BCUT2D eigenvalue weighted by Crippen LogP contribution is 2.25. The van der Waals surface area contributed by atoms with Crippen molar-refractivity contribution in [1.82, 2.24) is 20.0 Å². The number of hydrogen-bond donors (Lipinski definition) is 1. The fourth-order valence-corrected chi connectivity index (χ4v) is 4.22. The van der Waals surface area contributed by atoms with Gasteiger partial charge in [0.15, 0.2) is 5.82 Å². The van der Waals surface area contributed by atoms with Crippen LogP contribution in [0.4, 0.5) is 0 Å². The molecule has 0 aliphatic carbocycles. The van der Waals surface area contributed by atoms with Crippen molar-refractivity contribution in [2.75, 3.05) is 20.2 Å². The molecule has 5 rings (SSSR count). The summed E-state index contributed by atoms with van der Waals surface area (Å²) in [7, 11) is 1.63. The van der Waals surface area contributed by atoms with E-state index in [-0.39, 0.29) is 5.91 Å². The number of aromatic nitrogens is 3. The highest BCUT2D eigenvalue weighted by Gasteiger charge is 2.28. The number of nitrogens with zero attached hydrogens (tertiary/aromatic N) is 3. The zero-order valence-corrected chi connectivity index (χ0v) is 17.4. The van der Waals surface area contributed by atoms with Crippen LogP contribution in [0.2, 0.25) is 0 Å². The lowest BCUT2D eigenvalue weighted by Crippen LogP contribution is -2.30. The molecular formula is C24H24N4O3. The van der Waals surface area contributed by atoms with Gasteiger partial charge in [0.05, 0.1) is 13.5 Å². The first-order valence-electron chi connectivity index (χ1n) is 10.5. The molecule has 1 aliphatic heterocycles. The Hall–Kier alpha value is -3.61. The highest BCUT2D eigenvalue weighted by atomic mass is 16.5. The Bertz CT molecular complexity index is 1190. The molecule has 7 nitrogen and oxygen atoms in total. The summed E-state index contributed by atoms with van der Waals surface area (Å²) in [6.07, 6.45) is 4.01. The number of carbonyl (C=O) groups is 1. The first-order valence-corrected chi connectivity index (χ1v) is 10.5. The predicted octanol–water partition coefficient (Wildman–Crippen LogP) is 3.86. The van der Waals surface area contributed by atoms with Crippen molar-refractivity contribution in [3.63, 3.8) is 0 Å². The van der Waals surface area contributed by atoms with Crippen LogP contribution in [0, 0.1) is 5.92 Å². The second kappa shape index (κ2) is 8.26. The van der Waals surface area contributed by atoms with Crippen molar-refractivity contribution in [3.8, 4) is 17.2 Å². The number of amides is 1. The van der Waals surface area contributed by atoms with E-state index in [4.69, 9.17) is 9.26 Å². The van der Waals surface area contributed by atoms with Crippen LogP contribution in [0.1, 0.15) is 17.8 Å². The van der Waals surface area contributed by atoms with Crippen LogP contribution in [0.5, 0.6) is 5.75 Å². The number of rotatable bonds is 6. The standard InChI is InChI=1S/C24H24N4O3/c1-30-19-8-6-17(7-9-19)24-26-22(27-31-24)12-16-10-11-28(15-16)23(29)13-18-14-25-21-5-3-2-4-20(18)21/h2-9,14,16,25H,10-13,15H2,1H3. The Morgan fingerprint density at radius 1 is 1.23 bits per heavy atom. The van der Waals surface area contributed by atoms with E-state index in [0.717, 1.165) is 47.3 Å². The molecule has 158 valence electrons. The van der Waals surface area contributed by atoms with E-state index in [2.05, 4.69) is 21.2 Å². The monoisotopic (exact) mass is 416 g/mol. The first kappa shape index (κ1) is 19.4. The van der Waals surface area contributed by atoms with Crippen LogP contribution in [0.3, 0.4) is 0 Å². The maximum absolute atomic E-state index is 12.8. The Morgan fingerprint density at radius 3 is 2.90 bits per heavy atom. The minimum atomic E-state index is 0.166. The number of methoxy groups -OCH3 is 1. The van der Waals surface area contributed by atoms with Crippen molar-refractivity contribution >= 4 is 16.8 Å². The van der Waals surface area contributed by atoms with Gasteiger partial charge in [-0.1, -0.05) is 23.4 Å². The summed E-state index contributed by atoms with van der Waals surface area (Å²) in [6, 6.07) is 15.6. The maximum Gasteiger partial charge on any atom is 0.257 e. The first-order chi connectivity index (χ1) is 15.2. The van der Waals surface area contributed by atoms with Gasteiger partial charge in [0.2, 0.25) is 5.91 Å². The van der Waals surface area contributed by atoms with Gasteiger partial charge in [0.25, 0.3) is 5.89 Å². The molecule has 7 heteroatoms. The average molecular weight is 416 g/mol. The molecule has 2 aromatic heterocycles. The van der Waals surface area contributed by atoms with E-state index < -0.39 is 0 Å². The zero-order valence-electron chi connectivity index (χ0n) is 17.4. The van der Waals surface area contributed by atoms with Crippen molar-refractivity contribution in [2.24, 2.45) is 5.92 Å². The van der Waals surface area contributed by atoms with E-state index >= 15 is 0 Å². The van der Waals surface area contributed by atoms with Gasteiger partial charge in [-0.2, -0.15) is 4.98 Å². The van der Waals surface area contributed by atoms with Gasteiger partial charge in [0.1, 0.15) is 5.75 Å². The van der Waals surface area contributed by atoms with E-state index in [1.165, 1.54) is 0 Å². The number of carbonyl (C=O) groups excluding carboxylic acids is 1. The largest absolute Gasteiger partial charge is 0.497 e. The molecule has 0 bridgehead atoms. The van der Waals surface area contributed by atoms with Crippen LogP contribution < -0.4 is 4.74 Å². The van der Waals surface area contributed by atoms with E-state index in [9.17, 15) is 4.79 Å². The minimum Gasteiger partial charge on any atom is -0.497 e. The number of para-hydroxylation sites is 1. The van der Waals surface area contributed by atoms with Crippen molar-refractivity contribution in [3.05, 3.63) is 66.1 Å². The van der Waals surface area contributed by atoms with Crippen LogP contribution in [0.25, 0.3) is 22.4 Å². The number of nitrogens with one attached hydrogen (secondary N) is 1. The van der Waals surface area contributed by atoms with Crippen molar-refractivity contribution in [2.45, 2.75) is 19.3 Å². The lowest BCUT2D eigenvalue weighted by Gasteiger charge is -2.16. The van der Waals surface area contributed by atoms with Gasteiger partial charge in [0, 0.05) is 42.2 Å². The summed E-state index contributed by atoms with van der Waals surface area (Å²) in [6.45, 7) is 1.50. The van der Waals surface area contributed by atoms with Gasteiger partial charge in [-0.05, 0) is 48.2 Å². The molecule has 3 heterocycles. The third-order valence-corrected chi connectivity index (χ3v) is 5.93. The molecule has 31 heavy (non-hydrogen) atoms. The average Bonchev–Trinajstić information content (AvgIpc) is 3.55. The Labute approximate surface area is 180 Å². The minimum absolute atomic E-state index is 0.166. The van der Waals surface area contributed by atoms with Crippen LogP contribution in [-0.4, -0.2) is 46.1 Å². The number of hydrogen-bond acceptors (Lipinski definition) is 5. The molecule has 0 spiro atoms. The second-order valence-electron chi connectivity index (χ2n) is 7.98. The lowest BCUT2D eigenvalue weighted by atomic mass is 10.0. The molecule has 1 aliphatic rings. The molecule has 1 amide bonds. The number of likely N-dealkylation sites (tertiary alicyclic amines) is 1. The maximum atomic E-state index is 12.8. The van der Waals surface area contributed by atoms with Gasteiger partial charge in [-0.25, -0.2) is 0 Å². The summed E-state index contributed by atoms with van der Waals surface area (Å²) in [5.41, 5.74) is 2.97. The van der Waals surface area contributed by atoms with Crippen LogP contribution in [0.15, 0.2) is 59.3 Å². The lowest BCUT2D eigenvalue weighted by molar-refractivity contribution is -0.129. The number of H-pyrrole nitrogens is 1. The van der Waals surface area contributed by atoms with E-state index in [1.807, 2.05) is 53.6 Å². The quantitative estimate of drug-likeness (QED) is 0.516. The number of aromatic amines is 1. The predicted molar refractivity (Wildman–Crippen MR) is 117 cm³/mol. The number of ether oxygens (including phenoxy) is 1. The fraction of sp³-hybridized carbons (Fsp3) is 0.292.